The summed E-state index contributed by atoms with van der Waals surface area (Å²) in [7, 11) is -1.24. The maximum absolute atomic E-state index is 11.4. The molecule has 0 amide bonds. The van der Waals surface area contributed by atoms with E-state index < -0.39 is 15.8 Å². The van der Waals surface area contributed by atoms with Crippen LogP contribution in [0.25, 0.3) is 0 Å². The summed E-state index contributed by atoms with van der Waals surface area (Å²) < 4.78 is 0. The topological polar surface area (TPSA) is 40.5 Å². The van der Waals surface area contributed by atoms with Crippen LogP contribution < -0.4 is 21.2 Å². The molecular weight excluding hydrogens is 478 g/mol. The molecule has 0 heterocycles. The van der Waals surface area contributed by atoms with E-state index >= 15 is 0 Å². The van der Waals surface area contributed by atoms with Gasteiger partial charge in [-0.05, 0) is 73.6 Å². The Balaban J connectivity index is 1.58. The molecule has 1 fully saturated rings. The van der Waals surface area contributed by atoms with Gasteiger partial charge in [0.05, 0.1) is 6.10 Å². The Morgan fingerprint density at radius 2 is 1.00 bits per heavy atom. The first-order valence-electron chi connectivity index (χ1n) is 12.8. The molecule has 0 saturated heterocycles. The van der Waals surface area contributed by atoms with Gasteiger partial charge in [-0.25, -0.2) is 0 Å². The lowest BCUT2D eigenvalue weighted by Crippen LogP contribution is -2.32. The molecule has 0 bridgehead atoms. The fourth-order valence-corrected chi connectivity index (χ4v) is 11.9. The van der Waals surface area contributed by atoms with Gasteiger partial charge in [0.15, 0.2) is 0 Å². The van der Waals surface area contributed by atoms with Gasteiger partial charge in [0.2, 0.25) is 0 Å². The Morgan fingerprint density at radius 3 is 1.42 bits per heavy atom. The van der Waals surface area contributed by atoms with E-state index in [-0.39, 0.29) is 18.6 Å². The Bertz CT molecular complexity index is 1110. The number of aliphatic hydroxyl groups excluding tert-OH is 2. The zero-order valence-electron chi connectivity index (χ0n) is 20.5. The molecule has 0 aliphatic heterocycles. The lowest BCUT2D eigenvalue weighted by molar-refractivity contribution is 0.100. The van der Waals surface area contributed by atoms with Crippen molar-refractivity contribution in [3.63, 3.8) is 0 Å². The van der Waals surface area contributed by atoms with E-state index in [9.17, 15) is 10.2 Å². The molecule has 4 heteroatoms. The van der Waals surface area contributed by atoms with E-state index in [0.29, 0.717) is 18.0 Å². The van der Waals surface area contributed by atoms with Crippen molar-refractivity contribution in [2.75, 3.05) is 12.8 Å². The fourth-order valence-electron chi connectivity index (χ4n) is 5.77. The molecule has 1 aliphatic rings. The van der Waals surface area contributed by atoms with Crippen molar-refractivity contribution in [3.8, 4) is 0 Å². The van der Waals surface area contributed by atoms with Crippen LogP contribution in [-0.2, 0) is 0 Å². The van der Waals surface area contributed by atoms with Gasteiger partial charge in [-0.3, -0.25) is 0 Å². The predicted molar refractivity (Wildman–Crippen MR) is 156 cm³/mol. The first kappa shape index (κ1) is 25.3. The van der Waals surface area contributed by atoms with Crippen molar-refractivity contribution in [3.05, 3.63) is 121 Å². The lowest BCUT2D eigenvalue weighted by atomic mass is 9.93. The highest BCUT2D eigenvalue weighted by molar-refractivity contribution is 7.74. The van der Waals surface area contributed by atoms with Gasteiger partial charge in [-0.2, -0.15) is 0 Å². The van der Waals surface area contributed by atoms with Gasteiger partial charge >= 0.3 is 0 Å². The molecule has 184 valence electrons. The van der Waals surface area contributed by atoms with E-state index in [0.717, 1.165) is 12.6 Å². The van der Waals surface area contributed by atoms with Crippen molar-refractivity contribution >= 4 is 37.1 Å². The summed E-state index contributed by atoms with van der Waals surface area (Å²) in [6.45, 7) is 0.119. The number of aliphatic hydroxyl groups is 2. The second-order valence-electron chi connectivity index (χ2n) is 9.53. The second-order valence-corrected chi connectivity index (χ2v) is 14.2. The molecule has 4 aromatic carbocycles. The molecule has 0 aromatic heterocycles. The quantitative estimate of drug-likeness (QED) is 0.310. The van der Waals surface area contributed by atoms with Crippen LogP contribution in [0.2, 0.25) is 0 Å². The summed E-state index contributed by atoms with van der Waals surface area (Å²) in [6.07, 6.45) is 2.08. The van der Waals surface area contributed by atoms with Crippen LogP contribution in [0.1, 0.15) is 12.8 Å². The summed E-state index contributed by atoms with van der Waals surface area (Å²) in [5.74, 6) is 0.431. The Hall–Kier alpha value is -2.34. The molecule has 4 aromatic rings. The van der Waals surface area contributed by atoms with Crippen LogP contribution in [0, 0.1) is 11.8 Å². The van der Waals surface area contributed by atoms with Gasteiger partial charge in [0.1, 0.15) is 0 Å². The highest BCUT2D eigenvalue weighted by Crippen LogP contribution is 2.55. The first-order chi connectivity index (χ1) is 17.8. The van der Waals surface area contributed by atoms with E-state index in [1.165, 1.54) is 21.2 Å². The van der Waals surface area contributed by atoms with Crippen LogP contribution in [0.15, 0.2) is 121 Å². The van der Waals surface area contributed by atoms with Crippen LogP contribution >= 0.6 is 15.8 Å². The summed E-state index contributed by atoms with van der Waals surface area (Å²) in [6, 6.07) is 43.6. The zero-order valence-corrected chi connectivity index (χ0v) is 22.3. The van der Waals surface area contributed by atoms with Crippen molar-refractivity contribution < 1.29 is 10.2 Å². The highest BCUT2D eigenvalue weighted by atomic mass is 31.1. The largest absolute Gasteiger partial charge is 0.396 e. The first-order valence-corrected chi connectivity index (χ1v) is 15.8. The smallest absolute Gasteiger partial charge is 0.0578 e. The molecule has 5 rings (SSSR count). The standard InChI is InChI=1S/C32H34O2P2/c33-22-21-29-30(24-35(25-13-5-1-6-14-25)26-15-7-2-8-16-26)32(23-31(29)34)36(27-17-9-3-10-18-27)28-19-11-4-12-20-28/h1-20,29-34H,21-24H2/t29-,30-,31+,32+/m1/s1. The Labute approximate surface area is 217 Å². The zero-order chi connectivity index (χ0) is 24.7. The molecular formula is C32H34O2P2. The maximum atomic E-state index is 11.4. The van der Waals surface area contributed by atoms with Crippen LogP contribution in [-0.4, -0.2) is 34.7 Å². The molecule has 36 heavy (non-hydrogen) atoms. The van der Waals surface area contributed by atoms with Crippen molar-refractivity contribution in [1.29, 1.82) is 0 Å². The predicted octanol–water partition coefficient (Wildman–Crippen LogP) is 5.00. The second kappa shape index (κ2) is 12.3. The summed E-state index contributed by atoms with van der Waals surface area (Å²) >= 11 is 0. The van der Waals surface area contributed by atoms with Crippen molar-refractivity contribution in [2.45, 2.75) is 24.6 Å². The highest BCUT2D eigenvalue weighted by Gasteiger charge is 2.46. The molecule has 4 atom stereocenters. The minimum atomic E-state index is -0.655. The van der Waals surface area contributed by atoms with Gasteiger partial charge in [0.25, 0.3) is 0 Å². The van der Waals surface area contributed by atoms with Crippen molar-refractivity contribution in [1.82, 2.24) is 0 Å². The van der Waals surface area contributed by atoms with Crippen molar-refractivity contribution in [2.24, 2.45) is 11.8 Å². The average molecular weight is 513 g/mol. The fraction of sp³-hybridized carbons (Fsp3) is 0.250. The Morgan fingerprint density at radius 1 is 0.583 bits per heavy atom. The average Bonchev–Trinajstić information content (AvgIpc) is 3.24. The van der Waals surface area contributed by atoms with E-state index in [2.05, 4.69) is 121 Å². The van der Waals surface area contributed by atoms with Crippen LogP contribution in [0.3, 0.4) is 0 Å². The van der Waals surface area contributed by atoms with Gasteiger partial charge < -0.3 is 10.2 Å². The summed E-state index contributed by atoms with van der Waals surface area (Å²) in [5.41, 5.74) is 0.355. The lowest BCUT2D eigenvalue weighted by Gasteiger charge is -2.35. The molecule has 2 nitrogen and oxygen atoms in total. The van der Waals surface area contributed by atoms with Crippen LogP contribution in [0.4, 0.5) is 0 Å². The third kappa shape index (κ3) is 5.64. The molecule has 2 N–H and O–H groups in total. The van der Waals surface area contributed by atoms with Crippen LogP contribution in [0.5, 0.6) is 0 Å². The SMILES string of the molecule is OCC[C@@H]1[C@@H](CP(c2ccccc2)c2ccccc2)[C@@H](P(c2ccccc2)c2ccccc2)C[C@@H]1O. The molecule has 0 radical (unpaired) electrons. The van der Waals surface area contributed by atoms with E-state index in [1.807, 2.05) is 0 Å². The monoisotopic (exact) mass is 512 g/mol. The minimum Gasteiger partial charge on any atom is -0.396 e. The minimum absolute atomic E-state index is 0.106. The van der Waals surface area contributed by atoms with E-state index in [4.69, 9.17) is 0 Å². The third-order valence-corrected chi connectivity index (χ3v) is 13.0. The number of hydrogen-bond acceptors (Lipinski definition) is 2. The number of benzene rings is 4. The molecule has 0 spiro atoms. The van der Waals surface area contributed by atoms with E-state index in [1.54, 1.807) is 0 Å². The van der Waals surface area contributed by atoms with Gasteiger partial charge in [-0.1, -0.05) is 121 Å². The van der Waals surface area contributed by atoms with Gasteiger partial charge in [-0.15, -0.1) is 0 Å². The third-order valence-electron chi connectivity index (χ3n) is 7.41. The normalized spacial score (nSPS) is 21.8. The molecule has 0 unspecified atom stereocenters. The van der Waals surface area contributed by atoms with Gasteiger partial charge in [0, 0.05) is 6.61 Å². The molecule has 1 saturated carbocycles. The maximum Gasteiger partial charge on any atom is 0.0578 e. The molecule has 1 aliphatic carbocycles. The Kier molecular flexibility index (Phi) is 8.63. The summed E-state index contributed by atoms with van der Waals surface area (Å²) in [5, 5.41) is 26.9. The summed E-state index contributed by atoms with van der Waals surface area (Å²) in [4.78, 5) is 0. The number of rotatable bonds is 9. The number of hydrogen-bond donors (Lipinski definition) is 2.